The molecule has 1 saturated carbocycles. The van der Waals surface area contributed by atoms with Gasteiger partial charge in [0.15, 0.2) is 0 Å². The summed E-state index contributed by atoms with van der Waals surface area (Å²) in [6, 6.07) is 0.0249. The van der Waals surface area contributed by atoms with Crippen LogP contribution in [0.4, 0.5) is 0 Å². The Morgan fingerprint density at radius 1 is 1.73 bits per heavy atom. The van der Waals surface area contributed by atoms with Crippen LogP contribution in [0.15, 0.2) is 6.20 Å². The van der Waals surface area contributed by atoms with Gasteiger partial charge in [-0.1, -0.05) is 11.6 Å². The molecule has 2 N–H and O–H groups in total. The van der Waals surface area contributed by atoms with Crippen LogP contribution < -0.4 is 5.73 Å². The lowest BCUT2D eigenvalue weighted by atomic mass is 10.1. The lowest BCUT2D eigenvalue weighted by Gasteiger charge is -2.13. The molecule has 1 aromatic heterocycles. The zero-order chi connectivity index (χ0) is 10.8. The second kappa shape index (κ2) is 4.51. The van der Waals surface area contributed by atoms with Crippen molar-refractivity contribution < 1.29 is 4.74 Å². The van der Waals surface area contributed by atoms with Crippen LogP contribution in [0, 0.1) is 5.92 Å². The van der Waals surface area contributed by atoms with E-state index in [-0.39, 0.29) is 6.04 Å². The fraction of sp³-hybridized carbons (Fsp3) is 0.700. The summed E-state index contributed by atoms with van der Waals surface area (Å²) < 4.78 is 6.88. The van der Waals surface area contributed by atoms with Gasteiger partial charge in [0.2, 0.25) is 0 Å². The predicted molar refractivity (Wildman–Crippen MR) is 58.8 cm³/mol. The van der Waals surface area contributed by atoms with Crippen molar-refractivity contribution in [1.29, 1.82) is 0 Å². The van der Waals surface area contributed by atoms with Crippen LogP contribution in [0.1, 0.15) is 24.6 Å². The molecule has 5 heteroatoms. The Bertz CT molecular complexity index is 335. The third-order valence-corrected chi connectivity index (χ3v) is 3.08. The van der Waals surface area contributed by atoms with Crippen LogP contribution >= 0.6 is 11.6 Å². The Hall–Kier alpha value is -0.580. The second-order valence-electron chi connectivity index (χ2n) is 3.96. The molecule has 1 unspecified atom stereocenters. The molecular formula is C10H16ClN3O. The average Bonchev–Trinajstić information content (AvgIpc) is 3.00. The highest BCUT2D eigenvalue weighted by molar-refractivity contribution is 6.31. The quantitative estimate of drug-likeness (QED) is 0.835. The third kappa shape index (κ3) is 2.33. The molecule has 1 fully saturated rings. The van der Waals surface area contributed by atoms with Gasteiger partial charge in [0.05, 0.1) is 36.1 Å². The molecule has 84 valence electrons. The van der Waals surface area contributed by atoms with Crippen molar-refractivity contribution in [3.8, 4) is 0 Å². The molecule has 1 aromatic rings. The fourth-order valence-electron chi connectivity index (χ4n) is 1.74. The minimum atomic E-state index is 0.0249. The highest BCUT2D eigenvalue weighted by Gasteiger charge is 2.32. The van der Waals surface area contributed by atoms with Gasteiger partial charge in [-0.05, 0) is 18.8 Å². The van der Waals surface area contributed by atoms with Gasteiger partial charge in [-0.25, -0.2) is 0 Å². The molecule has 0 saturated heterocycles. The average molecular weight is 230 g/mol. The Labute approximate surface area is 94.3 Å². The maximum Gasteiger partial charge on any atom is 0.0834 e. The van der Waals surface area contributed by atoms with Crippen molar-refractivity contribution in [1.82, 2.24) is 9.78 Å². The van der Waals surface area contributed by atoms with Gasteiger partial charge in [-0.2, -0.15) is 5.10 Å². The normalized spacial score (nSPS) is 18.1. The van der Waals surface area contributed by atoms with Gasteiger partial charge in [-0.3, -0.25) is 4.68 Å². The van der Waals surface area contributed by atoms with E-state index in [4.69, 9.17) is 22.1 Å². The highest BCUT2D eigenvalue weighted by atomic mass is 35.5. The smallest absolute Gasteiger partial charge is 0.0834 e. The maximum absolute atomic E-state index is 6.13. The molecule has 1 aliphatic rings. The topological polar surface area (TPSA) is 53.1 Å². The van der Waals surface area contributed by atoms with E-state index in [0.717, 1.165) is 5.69 Å². The molecule has 0 aliphatic heterocycles. The number of methoxy groups -OCH3 is 1. The van der Waals surface area contributed by atoms with Crippen molar-refractivity contribution in [3.63, 3.8) is 0 Å². The van der Waals surface area contributed by atoms with E-state index in [1.165, 1.54) is 12.8 Å². The largest absolute Gasteiger partial charge is 0.383 e. The zero-order valence-corrected chi connectivity index (χ0v) is 9.57. The number of halogens is 1. The highest BCUT2D eigenvalue weighted by Crippen LogP contribution is 2.41. The van der Waals surface area contributed by atoms with Gasteiger partial charge in [0.1, 0.15) is 0 Å². The number of rotatable bonds is 5. The lowest BCUT2D eigenvalue weighted by molar-refractivity contribution is 0.182. The number of ether oxygens (including phenoxy) is 1. The van der Waals surface area contributed by atoms with Crippen molar-refractivity contribution >= 4 is 11.6 Å². The van der Waals surface area contributed by atoms with E-state index >= 15 is 0 Å². The van der Waals surface area contributed by atoms with Gasteiger partial charge >= 0.3 is 0 Å². The number of hydrogen-bond donors (Lipinski definition) is 1. The third-order valence-electron chi connectivity index (χ3n) is 2.79. The van der Waals surface area contributed by atoms with Gasteiger partial charge in [-0.15, -0.1) is 0 Å². The minimum Gasteiger partial charge on any atom is -0.383 e. The first-order valence-corrected chi connectivity index (χ1v) is 5.57. The second-order valence-corrected chi connectivity index (χ2v) is 4.36. The Balaban J connectivity index is 2.15. The standard InChI is InChI=1S/C10H16ClN3O/c1-15-5-4-14-10(8(11)6-13-14)9(12)7-2-3-7/h6-7,9H,2-5,12H2,1H3. The first kappa shape index (κ1) is 10.9. The summed E-state index contributed by atoms with van der Waals surface area (Å²) in [4.78, 5) is 0. The molecule has 1 aliphatic carbocycles. The summed E-state index contributed by atoms with van der Waals surface area (Å²) in [5, 5.41) is 4.88. The number of aromatic nitrogens is 2. The van der Waals surface area contributed by atoms with Gasteiger partial charge in [0, 0.05) is 7.11 Å². The maximum atomic E-state index is 6.13. The zero-order valence-electron chi connectivity index (χ0n) is 8.82. The summed E-state index contributed by atoms with van der Waals surface area (Å²) in [6.45, 7) is 1.33. The molecule has 4 nitrogen and oxygen atoms in total. The van der Waals surface area contributed by atoms with Crippen LogP contribution in [-0.2, 0) is 11.3 Å². The monoisotopic (exact) mass is 229 g/mol. The van der Waals surface area contributed by atoms with Crippen LogP contribution in [0.5, 0.6) is 0 Å². The van der Waals surface area contributed by atoms with Crippen molar-refractivity contribution in [3.05, 3.63) is 16.9 Å². The summed E-state index contributed by atoms with van der Waals surface area (Å²) >= 11 is 6.09. The van der Waals surface area contributed by atoms with Gasteiger partial charge in [0.25, 0.3) is 0 Å². The summed E-state index contributed by atoms with van der Waals surface area (Å²) in [6.07, 6.45) is 4.06. The van der Waals surface area contributed by atoms with Crippen molar-refractivity contribution in [2.24, 2.45) is 11.7 Å². The number of nitrogens with zero attached hydrogens (tertiary/aromatic N) is 2. The molecule has 0 radical (unpaired) electrons. The van der Waals surface area contributed by atoms with E-state index in [0.29, 0.717) is 24.1 Å². The van der Waals surface area contributed by atoms with E-state index < -0.39 is 0 Å². The Morgan fingerprint density at radius 3 is 3.07 bits per heavy atom. The first-order chi connectivity index (χ1) is 7.24. The number of hydrogen-bond acceptors (Lipinski definition) is 3. The Kier molecular flexibility index (Phi) is 3.29. The van der Waals surface area contributed by atoms with Crippen molar-refractivity contribution in [2.75, 3.05) is 13.7 Å². The SMILES string of the molecule is COCCn1ncc(Cl)c1C(N)C1CC1. The molecule has 15 heavy (non-hydrogen) atoms. The van der Waals surface area contributed by atoms with E-state index in [1.807, 2.05) is 4.68 Å². The van der Waals surface area contributed by atoms with Crippen LogP contribution in [0.25, 0.3) is 0 Å². The van der Waals surface area contributed by atoms with E-state index in [9.17, 15) is 0 Å². The van der Waals surface area contributed by atoms with Crippen LogP contribution in [-0.4, -0.2) is 23.5 Å². The molecule has 0 aromatic carbocycles. The molecule has 0 bridgehead atoms. The van der Waals surface area contributed by atoms with Crippen LogP contribution in [0.2, 0.25) is 5.02 Å². The lowest BCUT2D eigenvalue weighted by Crippen LogP contribution is -2.19. The van der Waals surface area contributed by atoms with Crippen LogP contribution in [0.3, 0.4) is 0 Å². The summed E-state index contributed by atoms with van der Waals surface area (Å²) in [5.41, 5.74) is 7.09. The van der Waals surface area contributed by atoms with Gasteiger partial charge < -0.3 is 10.5 Å². The molecule has 1 heterocycles. The molecule has 0 spiro atoms. The van der Waals surface area contributed by atoms with Crippen molar-refractivity contribution in [2.45, 2.75) is 25.4 Å². The predicted octanol–water partition coefficient (Wildman–Crippen LogP) is 1.59. The Morgan fingerprint density at radius 2 is 2.47 bits per heavy atom. The molecule has 1 atom stereocenters. The van der Waals surface area contributed by atoms with E-state index in [2.05, 4.69) is 5.10 Å². The summed E-state index contributed by atoms with van der Waals surface area (Å²) in [7, 11) is 1.67. The molecule has 2 rings (SSSR count). The summed E-state index contributed by atoms with van der Waals surface area (Å²) in [5.74, 6) is 0.584. The fourth-order valence-corrected chi connectivity index (χ4v) is 2.01. The minimum absolute atomic E-state index is 0.0249. The number of nitrogens with two attached hydrogens (primary N) is 1. The first-order valence-electron chi connectivity index (χ1n) is 5.19. The van der Waals surface area contributed by atoms with E-state index in [1.54, 1.807) is 13.3 Å². The molecule has 0 amide bonds. The molecular weight excluding hydrogens is 214 g/mol.